The van der Waals surface area contributed by atoms with E-state index in [2.05, 4.69) is 44.5 Å². The van der Waals surface area contributed by atoms with Crippen molar-refractivity contribution in [3.05, 3.63) is 60.0 Å². The fraction of sp³-hybridized carbons (Fsp3) is 0.320. The van der Waals surface area contributed by atoms with E-state index in [1.54, 1.807) is 23.2 Å². The summed E-state index contributed by atoms with van der Waals surface area (Å²) in [7, 11) is 0. The third-order valence-electron chi connectivity index (χ3n) is 6.23. The number of rotatable bonds is 5. The van der Waals surface area contributed by atoms with Gasteiger partial charge in [-0.25, -0.2) is 14.8 Å². The molecule has 3 aromatic rings. The molecule has 9 nitrogen and oxygen atoms in total. The molecule has 172 valence electrons. The number of aromatic nitrogens is 3. The molecule has 1 saturated heterocycles. The number of pyridine rings is 3. The third-order valence-corrected chi connectivity index (χ3v) is 6.23. The summed E-state index contributed by atoms with van der Waals surface area (Å²) in [5.41, 5.74) is 10.0. The normalized spacial score (nSPS) is 16.0. The van der Waals surface area contributed by atoms with Crippen LogP contribution in [0.1, 0.15) is 36.3 Å². The zero-order chi connectivity index (χ0) is 23.5. The number of nitrogens with zero attached hydrogens (tertiary/aromatic N) is 6. The first-order chi connectivity index (χ1) is 16.6. The van der Waals surface area contributed by atoms with Crippen LogP contribution in [0.25, 0.3) is 11.3 Å². The van der Waals surface area contributed by atoms with E-state index >= 15 is 0 Å². The van der Waals surface area contributed by atoms with E-state index in [0.29, 0.717) is 42.8 Å². The van der Waals surface area contributed by atoms with Crippen molar-refractivity contribution in [3.63, 3.8) is 0 Å². The zero-order valence-corrected chi connectivity index (χ0v) is 18.8. The van der Waals surface area contributed by atoms with Crippen molar-refractivity contribution in [2.24, 2.45) is 5.73 Å². The summed E-state index contributed by atoms with van der Waals surface area (Å²) >= 11 is 0. The monoisotopic (exact) mass is 454 g/mol. The molecule has 9 heteroatoms. The van der Waals surface area contributed by atoms with Gasteiger partial charge in [0.1, 0.15) is 11.6 Å². The van der Waals surface area contributed by atoms with Gasteiger partial charge in [-0.05, 0) is 61.1 Å². The van der Waals surface area contributed by atoms with Crippen LogP contribution >= 0.6 is 0 Å². The number of urea groups is 1. The number of primary amides is 1. The zero-order valence-electron chi connectivity index (χ0n) is 18.8. The van der Waals surface area contributed by atoms with Crippen LogP contribution in [-0.4, -0.2) is 52.1 Å². The summed E-state index contributed by atoms with van der Waals surface area (Å²) < 4.78 is 0. The Balaban J connectivity index is 1.43. The molecule has 2 amide bonds. The molecular weight excluding hydrogens is 428 g/mol. The van der Waals surface area contributed by atoms with Gasteiger partial charge >= 0.3 is 6.03 Å². The summed E-state index contributed by atoms with van der Waals surface area (Å²) in [6.45, 7) is 2.80. The Hall–Kier alpha value is -4.19. The Morgan fingerprint density at radius 3 is 2.76 bits per heavy atom. The van der Waals surface area contributed by atoms with Crippen molar-refractivity contribution in [1.82, 2.24) is 19.9 Å². The number of amides is 2. The van der Waals surface area contributed by atoms with Gasteiger partial charge < -0.3 is 20.9 Å². The standard InChI is InChI=1S/C25H26N8O/c26-14-17-4-5-29-23(10-17)31-24-13-19(18-2-3-18)12-22(30-24)20-11-21(16-28-15-20)32-6-1-7-33(9-8-32)25(27)34/h4-5,10-13,15-16,18H,1-3,6-9H2,(H2,27,34)(H,29,30,31). The Labute approximate surface area is 198 Å². The molecule has 0 bridgehead atoms. The molecule has 1 saturated carbocycles. The van der Waals surface area contributed by atoms with Gasteiger partial charge in [0.25, 0.3) is 0 Å². The maximum Gasteiger partial charge on any atom is 0.314 e. The average Bonchev–Trinajstić information content (AvgIpc) is 3.71. The Morgan fingerprint density at radius 1 is 1.09 bits per heavy atom. The first kappa shape index (κ1) is 21.6. The van der Waals surface area contributed by atoms with Gasteiger partial charge in [-0.1, -0.05) is 0 Å². The minimum atomic E-state index is -0.371. The lowest BCUT2D eigenvalue weighted by Crippen LogP contribution is -2.38. The molecule has 3 N–H and O–H groups in total. The van der Waals surface area contributed by atoms with E-state index in [1.165, 1.54) is 18.4 Å². The fourth-order valence-corrected chi connectivity index (χ4v) is 4.25. The van der Waals surface area contributed by atoms with Crippen LogP contribution in [0.3, 0.4) is 0 Å². The Morgan fingerprint density at radius 2 is 1.97 bits per heavy atom. The number of carbonyl (C=O) groups excluding carboxylic acids is 1. The first-order valence-electron chi connectivity index (χ1n) is 11.5. The number of hydrogen-bond acceptors (Lipinski definition) is 7. The largest absolute Gasteiger partial charge is 0.368 e. The molecule has 0 atom stereocenters. The second-order valence-electron chi connectivity index (χ2n) is 8.71. The van der Waals surface area contributed by atoms with E-state index in [1.807, 2.05) is 12.4 Å². The quantitative estimate of drug-likeness (QED) is 0.603. The van der Waals surface area contributed by atoms with Gasteiger partial charge in [-0.3, -0.25) is 4.98 Å². The van der Waals surface area contributed by atoms with Gasteiger partial charge in [0.05, 0.1) is 29.2 Å². The minimum Gasteiger partial charge on any atom is -0.368 e. The van der Waals surface area contributed by atoms with Gasteiger partial charge in [0.2, 0.25) is 0 Å². The lowest BCUT2D eigenvalue weighted by Gasteiger charge is -2.23. The summed E-state index contributed by atoms with van der Waals surface area (Å²) in [4.78, 5) is 29.1. The molecule has 34 heavy (non-hydrogen) atoms. The minimum absolute atomic E-state index is 0.371. The average molecular weight is 455 g/mol. The van der Waals surface area contributed by atoms with Gasteiger partial charge in [-0.2, -0.15) is 5.26 Å². The smallest absolute Gasteiger partial charge is 0.314 e. The first-order valence-corrected chi connectivity index (χ1v) is 11.5. The highest BCUT2D eigenvalue weighted by molar-refractivity contribution is 5.72. The van der Waals surface area contributed by atoms with E-state index < -0.39 is 0 Å². The highest BCUT2D eigenvalue weighted by Gasteiger charge is 2.25. The van der Waals surface area contributed by atoms with Crippen LogP contribution in [-0.2, 0) is 0 Å². The lowest BCUT2D eigenvalue weighted by atomic mass is 10.1. The van der Waals surface area contributed by atoms with Crippen molar-refractivity contribution in [1.29, 1.82) is 5.26 Å². The van der Waals surface area contributed by atoms with Crippen LogP contribution in [0.2, 0.25) is 0 Å². The summed E-state index contributed by atoms with van der Waals surface area (Å²) in [6, 6.07) is 11.5. The van der Waals surface area contributed by atoms with Gasteiger partial charge in [-0.15, -0.1) is 0 Å². The highest BCUT2D eigenvalue weighted by atomic mass is 16.2. The molecule has 5 rings (SSSR count). The van der Waals surface area contributed by atoms with Gasteiger partial charge in [0, 0.05) is 44.1 Å². The Bertz CT molecular complexity index is 1250. The molecule has 2 fully saturated rings. The van der Waals surface area contributed by atoms with Crippen molar-refractivity contribution in [2.75, 3.05) is 36.4 Å². The molecule has 1 aliphatic heterocycles. The van der Waals surface area contributed by atoms with Crippen LogP contribution in [0.5, 0.6) is 0 Å². The fourth-order valence-electron chi connectivity index (χ4n) is 4.25. The van der Waals surface area contributed by atoms with Crippen molar-refractivity contribution in [3.8, 4) is 17.3 Å². The van der Waals surface area contributed by atoms with Crippen molar-refractivity contribution >= 4 is 23.4 Å². The summed E-state index contributed by atoms with van der Waals surface area (Å²) in [6.07, 6.45) is 8.49. The molecule has 2 aliphatic rings. The maximum atomic E-state index is 11.6. The summed E-state index contributed by atoms with van der Waals surface area (Å²) in [5, 5.41) is 12.4. The third kappa shape index (κ3) is 4.91. The molecule has 0 aromatic carbocycles. The van der Waals surface area contributed by atoms with E-state index in [-0.39, 0.29) is 6.03 Å². The second kappa shape index (κ2) is 9.35. The number of nitrogens with two attached hydrogens (primary N) is 1. The number of hydrogen-bond donors (Lipinski definition) is 2. The second-order valence-corrected chi connectivity index (χ2v) is 8.71. The molecular formula is C25H26N8O. The highest BCUT2D eigenvalue weighted by Crippen LogP contribution is 2.42. The van der Waals surface area contributed by atoms with Gasteiger partial charge in [0.15, 0.2) is 0 Å². The van der Waals surface area contributed by atoms with Crippen LogP contribution < -0.4 is 16.0 Å². The number of anilines is 3. The number of nitrogens with one attached hydrogen (secondary N) is 1. The van der Waals surface area contributed by atoms with Crippen molar-refractivity contribution < 1.29 is 4.79 Å². The maximum absolute atomic E-state index is 11.6. The van der Waals surface area contributed by atoms with E-state index in [9.17, 15) is 10.1 Å². The molecule has 0 unspecified atom stereocenters. The van der Waals surface area contributed by atoms with Crippen molar-refractivity contribution in [2.45, 2.75) is 25.2 Å². The SMILES string of the molecule is N#Cc1ccnc(Nc2cc(C3CC3)cc(-c3cncc(N4CCCN(C(N)=O)CC4)c3)n2)c1. The van der Waals surface area contributed by atoms with Crippen LogP contribution in [0.4, 0.5) is 22.1 Å². The molecule has 0 radical (unpaired) electrons. The molecule has 4 heterocycles. The van der Waals surface area contributed by atoms with Crippen LogP contribution in [0, 0.1) is 11.3 Å². The predicted octanol–water partition coefficient (Wildman–Crippen LogP) is 3.62. The number of carbonyl (C=O) groups is 1. The molecule has 0 spiro atoms. The molecule has 3 aromatic heterocycles. The van der Waals surface area contributed by atoms with Crippen LogP contribution in [0.15, 0.2) is 48.9 Å². The predicted molar refractivity (Wildman–Crippen MR) is 130 cm³/mol. The van der Waals surface area contributed by atoms with E-state index in [4.69, 9.17) is 10.7 Å². The number of nitriles is 1. The lowest BCUT2D eigenvalue weighted by molar-refractivity contribution is 0.211. The topological polar surface area (TPSA) is 124 Å². The summed E-state index contributed by atoms with van der Waals surface area (Å²) in [5.74, 6) is 1.82. The molecule has 1 aliphatic carbocycles. The van der Waals surface area contributed by atoms with E-state index in [0.717, 1.165) is 29.9 Å². The Kier molecular flexibility index (Phi) is 5.95.